The maximum absolute atomic E-state index is 12.2. The highest BCUT2D eigenvalue weighted by Gasteiger charge is 2.33. The first-order valence-electron chi connectivity index (χ1n) is 5.47. The minimum absolute atomic E-state index is 0.0119. The summed E-state index contributed by atoms with van der Waals surface area (Å²) in [7, 11) is 0. The molecule has 2 rings (SSSR count). The van der Waals surface area contributed by atoms with Crippen molar-refractivity contribution in [1.29, 1.82) is 5.26 Å². The van der Waals surface area contributed by atoms with Gasteiger partial charge in [-0.2, -0.15) is 5.26 Å². The quantitative estimate of drug-likeness (QED) is 0.723. The minimum Gasteiger partial charge on any atom is -0.322 e. The summed E-state index contributed by atoms with van der Waals surface area (Å²) >= 11 is 0. The predicted molar refractivity (Wildman–Crippen MR) is 60.9 cm³/mol. The molecule has 0 spiro atoms. The van der Waals surface area contributed by atoms with Gasteiger partial charge in [-0.25, -0.2) is 0 Å². The lowest BCUT2D eigenvalue weighted by molar-refractivity contribution is 0.0764. The number of carbonyl (C=O) groups is 1. The first-order chi connectivity index (χ1) is 7.74. The monoisotopic (exact) mass is 214 g/mol. The lowest BCUT2D eigenvalue weighted by Crippen LogP contribution is -2.33. The maximum Gasteiger partial charge on any atom is 0.255 e. The van der Waals surface area contributed by atoms with Gasteiger partial charge >= 0.3 is 0 Å². The van der Waals surface area contributed by atoms with Gasteiger partial charge in [-0.15, -0.1) is 0 Å². The van der Waals surface area contributed by atoms with Gasteiger partial charge in [0.2, 0.25) is 0 Å². The van der Waals surface area contributed by atoms with Gasteiger partial charge < -0.3 is 4.90 Å². The van der Waals surface area contributed by atoms with E-state index >= 15 is 0 Å². The summed E-state index contributed by atoms with van der Waals surface area (Å²) in [5.74, 6) is -0.0119. The summed E-state index contributed by atoms with van der Waals surface area (Å²) in [6, 6.07) is 9.87. The summed E-state index contributed by atoms with van der Waals surface area (Å²) in [6.45, 7) is 2.11. The van der Waals surface area contributed by atoms with Crippen molar-refractivity contribution in [2.45, 2.75) is 25.8 Å². The summed E-state index contributed by atoms with van der Waals surface area (Å²) < 4.78 is 0. The Morgan fingerprint density at radius 2 is 2.19 bits per heavy atom. The summed E-state index contributed by atoms with van der Waals surface area (Å²) in [5.41, 5.74) is 1.68. The summed E-state index contributed by atoms with van der Waals surface area (Å²) in [5, 5.41) is 8.73. The van der Waals surface area contributed by atoms with Gasteiger partial charge in [0.1, 0.15) is 6.54 Å². The minimum atomic E-state index is -0.0119. The van der Waals surface area contributed by atoms with Crippen molar-refractivity contribution in [2.75, 3.05) is 6.54 Å². The summed E-state index contributed by atoms with van der Waals surface area (Å²) in [4.78, 5) is 13.9. The van der Waals surface area contributed by atoms with E-state index in [0.717, 1.165) is 18.4 Å². The molecule has 0 radical (unpaired) electrons. The van der Waals surface area contributed by atoms with E-state index in [4.69, 9.17) is 5.26 Å². The average molecular weight is 214 g/mol. The van der Waals surface area contributed by atoms with E-state index in [9.17, 15) is 4.79 Å². The number of rotatable bonds is 3. The Morgan fingerprint density at radius 1 is 1.50 bits per heavy atom. The zero-order chi connectivity index (χ0) is 11.5. The topological polar surface area (TPSA) is 44.1 Å². The molecule has 16 heavy (non-hydrogen) atoms. The fourth-order valence-electron chi connectivity index (χ4n) is 1.80. The third-order valence-electron chi connectivity index (χ3n) is 2.87. The molecule has 0 N–H and O–H groups in total. The summed E-state index contributed by atoms with van der Waals surface area (Å²) in [6.07, 6.45) is 2.05. The fraction of sp³-hybridized carbons (Fsp3) is 0.385. The van der Waals surface area contributed by atoms with Crippen molar-refractivity contribution in [3.05, 3.63) is 35.4 Å². The predicted octanol–water partition coefficient (Wildman–Crippen LogP) is 2.12. The number of amides is 1. The van der Waals surface area contributed by atoms with Crippen molar-refractivity contribution in [3.63, 3.8) is 0 Å². The van der Waals surface area contributed by atoms with E-state index < -0.39 is 0 Å². The molecule has 1 amide bonds. The number of nitriles is 1. The van der Waals surface area contributed by atoms with Crippen LogP contribution in [0.15, 0.2) is 24.3 Å². The zero-order valence-corrected chi connectivity index (χ0v) is 9.31. The molecule has 1 aliphatic rings. The van der Waals surface area contributed by atoms with E-state index in [1.54, 1.807) is 4.90 Å². The molecule has 0 atom stereocenters. The Balaban J connectivity index is 2.23. The zero-order valence-electron chi connectivity index (χ0n) is 9.31. The second-order valence-corrected chi connectivity index (χ2v) is 4.14. The van der Waals surface area contributed by atoms with Gasteiger partial charge in [0.15, 0.2) is 0 Å². The fourth-order valence-corrected chi connectivity index (χ4v) is 1.80. The van der Waals surface area contributed by atoms with E-state index in [1.165, 1.54) is 0 Å². The van der Waals surface area contributed by atoms with Gasteiger partial charge in [0.05, 0.1) is 6.07 Å². The van der Waals surface area contributed by atoms with Gasteiger partial charge in [-0.05, 0) is 31.4 Å². The molecule has 1 aromatic carbocycles. The first kappa shape index (κ1) is 10.7. The highest BCUT2D eigenvalue weighted by molar-refractivity contribution is 5.96. The number of aryl methyl sites for hydroxylation is 1. The van der Waals surface area contributed by atoms with Crippen LogP contribution in [-0.2, 0) is 0 Å². The third kappa shape index (κ3) is 2.06. The number of carbonyl (C=O) groups excluding carboxylic acids is 1. The molecule has 0 heterocycles. The Morgan fingerprint density at radius 3 is 2.75 bits per heavy atom. The maximum atomic E-state index is 12.2. The molecular weight excluding hydrogens is 200 g/mol. The number of benzene rings is 1. The van der Waals surface area contributed by atoms with Crippen LogP contribution in [-0.4, -0.2) is 23.4 Å². The molecule has 0 saturated heterocycles. The van der Waals surface area contributed by atoms with Gasteiger partial charge in [-0.3, -0.25) is 4.79 Å². The normalized spacial score (nSPS) is 14.2. The van der Waals surface area contributed by atoms with Gasteiger partial charge in [0, 0.05) is 11.6 Å². The lowest BCUT2D eigenvalue weighted by Gasteiger charge is -2.19. The highest BCUT2D eigenvalue weighted by atomic mass is 16.2. The van der Waals surface area contributed by atoms with Crippen LogP contribution in [0.3, 0.4) is 0 Å². The van der Waals surface area contributed by atoms with Gasteiger partial charge in [0.25, 0.3) is 5.91 Å². The molecule has 1 saturated carbocycles. The Hall–Kier alpha value is -1.82. The Labute approximate surface area is 95.3 Å². The van der Waals surface area contributed by atoms with Crippen LogP contribution in [0.1, 0.15) is 28.8 Å². The standard InChI is InChI=1S/C13H14N2O/c1-10-4-2-3-5-12(10)13(16)15(9-8-14)11-6-7-11/h2-5,11H,6-7,9H2,1H3. The van der Waals surface area contributed by atoms with Crippen LogP contribution in [0.4, 0.5) is 0 Å². The third-order valence-corrected chi connectivity index (χ3v) is 2.87. The molecule has 0 aliphatic heterocycles. The van der Waals surface area contributed by atoms with E-state index in [2.05, 4.69) is 6.07 Å². The second-order valence-electron chi connectivity index (χ2n) is 4.14. The van der Waals surface area contributed by atoms with Crippen LogP contribution in [0.5, 0.6) is 0 Å². The van der Waals surface area contributed by atoms with Crippen molar-refractivity contribution >= 4 is 5.91 Å². The van der Waals surface area contributed by atoms with Crippen LogP contribution in [0.25, 0.3) is 0 Å². The van der Waals surface area contributed by atoms with Crippen molar-refractivity contribution < 1.29 is 4.79 Å². The molecule has 1 aliphatic carbocycles. The number of hydrogen-bond acceptors (Lipinski definition) is 2. The van der Waals surface area contributed by atoms with E-state index in [0.29, 0.717) is 5.56 Å². The van der Waals surface area contributed by atoms with Crippen molar-refractivity contribution in [2.24, 2.45) is 0 Å². The molecule has 82 valence electrons. The van der Waals surface area contributed by atoms with Gasteiger partial charge in [-0.1, -0.05) is 18.2 Å². The first-order valence-corrected chi connectivity index (χ1v) is 5.47. The molecule has 1 fully saturated rings. The number of hydrogen-bond donors (Lipinski definition) is 0. The largest absolute Gasteiger partial charge is 0.322 e. The lowest BCUT2D eigenvalue weighted by atomic mass is 10.1. The molecule has 3 nitrogen and oxygen atoms in total. The smallest absolute Gasteiger partial charge is 0.255 e. The van der Waals surface area contributed by atoms with Crippen LogP contribution < -0.4 is 0 Å². The van der Waals surface area contributed by atoms with E-state index in [-0.39, 0.29) is 18.5 Å². The van der Waals surface area contributed by atoms with Crippen LogP contribution >= 0.6 is 0 Å². The second kappa shape index (κ2) is 4.36. The molecular formula is C13H14N2O. The molecule has 0 unspecified atom stereocenters. The molecule has 1 aromatic rings. The van der Waals surface area contributed by atoms with Crippen molar-refractivity contribution in [3.8, 4) is 6.07 Å². The SMILES string of the molecule is Cc1ccccc1C(=O)N(CC#N)C1CC1. The van der Waals surface area contributed by atoms with Crippen LogP contribution in [0.2, 0.25) is 0 Å². The Kier molecular flexibility index (Phi) is 2.91. The average Bonchev–Trinajstić information content (AvgIpc) is 3.09. The molecule has 0 aromatic heterocycles. The highest BCUT2D eigenvalue weighted by Crippen LogP contribution is 2.28. The molecule has 3 heteroatoms. The number of nitrogens with zero attached hydrogens (tertiary/aromatic N) is 2. The van der Waals surface area contributed by atoms with Crippen molar-refractivity contribution in [1.82, 2.24) is 4.90 Å². The molecule has 0 bridgehead atoms. The van der Waals surface area contributed by atoms with Crippen LogP contribution in [0, 0.1) is 18.3 Å². The Bertz CT molecular complexity index is 443. The van der Waals surface area contributed by atoms with E-state index in [1.807, 2.05) is 31.2 Å².